The molecule has 0 radical (unpaired) electrons. The van der Waals surface area contributed by atoms with Crippen molar-refractivity contribution in [2.75, 3.05) is 24.4 Å². The van der Waals surface area contributed by atoms with Gasteiger partial charge >= 0.3 is 0 Å². The Balaban J connectivity index is 1.75. The predicted octanol–water partition coefficient (Wildman–Crippen LogP) is 5.36. The third kappa shape index (κ3) is 6.82. The zero-order valence-electron chi connectivity index (χ0n) is 18.9. The zero-order chi connectivity index (χ0) is 25.4. The molecule has 0 aliphatic carbocycles. The molecule has 0 saturated carbocycles. The highest BCUT2D eigenvalue weighted by Crippen LogP contribution is 2.37. The number of halogens is 2. The van der Waals surface area contributed by atoms with E-state index in [0.29, 0.717) is 11.3 Å². The number of hydrogen-bond donors (Lipinski definition) is 2. The number of benzene rings is 3. The molecule has 0 unspecified atom stereocenters. The maximum absolute atomic E-state index is 13.7. The lowest BCUT2D eigenvalue weighted by atomic mass is 10.1. The van der Waals surface area contributed by atoms with Crippen LogP contribution >= 0.6 is 11.6 Å². The van der Waals surface area contributed by atoms with Crippen molar-refractivity contribution in [1.82, 2.24) is 0 Å². The Morgan fingerprint density at radius 3 is 2.57 bits per heavy atom. The van der Waals surface area contributed by atoms with Crippen molar-refractivity contribution in [3.05, 3.63) is 88.2 Å². The van der Waals surface area contributed by atoms with E-state index in [9.17, 15) is 19.2 Å². The molecule has 3 aromatic rings. The Labute approximate surface area is 206 Å². The van der Waals surface area contributed by atoms with Gasteiger partial charge in [0.15, 0.2) is 18.1 Å². The summed E-state index contributed by atoms with van der Waals surface area (Å²) in [6, 6.07) is 17.8. The van der Waals surface area contributed by atoms with Crippen LogP contribution in [0, 0.1) is 24.1 Å². The minimum absolute atomic E-state index is 0.0209. The van der Waals surface area contributed by atoms with E-state index >= 15 is 0 Å². The smallest absolute Gasteiger partial charge is 0.266 e. The second-order valence-corrected chi connectivity index (χ2v) is 7.75. The molecule has 3 aromatic carbocycles. The van der Waals surface area contributed by atoms with Crippen molar-refractivity contribution in [2.24, 2.45) is 0 Å². The van der Waals surface area contributed by atoms with Crippen LogP contribution in [0.2, 0.25) is 5.02 Å². The monoisotopic (exact) mass is 493 g/mol. The van der Waals surface area contributed by atoms with Gasteiger partial charge in [-0.15, -0.1) is 0 Å². The van der Waals surface area contributed by atoms with E-state index in [1.807, 2.05) is 19.1 Å². The topological polar surface area (TPSA) is 100 Å². The van der Waals surface area contributed by atoms with E-state index in [1.165, 1.54) is 43.5 Å². The summed E-state index contributed by atoms with van der Waals surface area (Å²) in [5.41, 5.74) is 1.80. The van der Waals surface area contributed by atoms with Gasteiger partial charge in [0.25, 0.3) is 11.8 Å². The van der Waals surface area contributed by atoms with E-state index < -0.39 is 24.2 Å². The fourth-order valence-corrected chi connectivity index (χ4v) is 3.36. The van der Waals surface area contributed by atoms with E-state index in [1.54, 1.807) is 24.3 Å². The number of methoxy groups -OCH3 is 1. The molecule has 0 fully saturated rings. The van der Waals surface area contributed by atoms with Gasteiger partial charge in [0.2, 0.25) is 0 Å². The molecule has 0 aliphatic rings. The maximum Gasteiger partial charge on any atom is 0.266 e. The number of rotatable bonds is 8. The first-order valence-electron chi connectivity index (χ1n) is 10.3. The average Bonchev–Trinajstić information content (AvgIpc) is 2.82. The fraction of sp³-hybridized carbons (Fsp3) is 0.115. The lowest BCUT2D eigenvalue weighted by Gasteiger charge is -2.14. The molecule has 0 aliphatic heterocycles. The van der Waals surface area contributed by atoms with E-state index in [4.69, 9.17) is 21.1 Å². The predicted molar refractivity (Wildman–Crippen MR) is 132 cm³/mol. The second-order valence-electron chi connectivity index (χ2n) is 7.34. The summed E-state index contributed by atoms with van der Waals surface area (Å²) in [5, 5.41) is 14.7. The molecule has 0 spiro atoms. The largest absolute Gasteiger partial charge is 0.493 e. The number of ether oxygens (including phenoxy) is 2. The Morgan fingerprint density at radius 1 is 1.11 bits per heavy atom. The molecule has 9 heteroatoms. The normalized spacial score (nSPS) is 10.8. The molecule has 0 saturated heterocycles. The number of para-hydroxylation sites is 1. The van der Waals surface area contributed by atoms with Crippen molar-refractivity contribution in [2.45, 2.75) is 6.92 Å². The third-order valence-electron chi connectivity index (χ3n) is 4.70. The van der Waals surface area contributed by atoms with Crippen molar-refractivity contribution in [3.8, 4) is 17.6 Å². The summed E-state index contributed by atoms with van der Waals surface area (Å²) in [6.07, 6.45) is 1.36. The Hall–Kier alpha value is -4.35. The van der Waals surface area contributed by atoms with E-state index in [0.717, 1.165) is 5.56 Å². The molecule has 3 rings (SSSR count). The Morgan fingerprint density at radius 2 is 1.89 bits per heavy atom. The number of carbonyl (C=O) groups excluding carboxylic acids is 2. The molecule has 7 nitrogen and oxygen atoms in total. The van der Waals surface area contributed by atoms with Crippen molar-refractivity contribution in [3.63, 3.8) is 0 Å². The first-order valence-corrected chi connectivity index (χ1v) is 10.7. The number of nitriles is 1. The van der Waals surface area contributed by atoms with Gasteiger partial charge in [-0.3, -0.25) is 9.59 Å². The van der Waals surface area contributed by atoms with Crippen LogP contribution in [0.15, 0.2) is 66.2 Å². The Bertz CT molecular complexity index is 1330. The minimum atomic E-state index is -0.600. The summed E-state index contributed by atoms with van der Waals surface area (Å²) in [4.78, 5) is 24.7. The molecule has 0 heterocycles. The SMILES string of the molecule is COc1cc(C=C(C#N)C(=O)Nc2cccc(C)c2)cc(Cl)c1OCC(=O)Nc1ccccc1F. The second kappa shape index (κ2) is 11.7. The fourth-order valence-electron chi connectivity index (χ4n) is 3.09. The molecular weight excluding hydrogens is 473 g/mol. The van der Waals surface area contributed by atoms with Gasteiger partial charge in [0.1, 0.15) is 17.5 Å². The first kappa shape index (κ1) is 25.3. The summed E-state index contributed by atoms with van der Waals surface area (Å²) in [5.74, 6) is -1.50. The van der Waals surface area contributed by atoms with Gasteiger partial charge in [0, 0.05) is 5.69 Å². The summed E-state index contributed by atoms with van der Waals surface area (Å²) >= 11 is 6.33. The summed E-state index contributed by atoms with van der Waals surface area (Å²) in [7, 11) is 1.38. The standard InChI is InChI=1S/C26H21ClFN3O4/c1-16-6-5-7-19(10-16)30-26(33)18(14-29)11-17-12-20(27)25(23(13-17)34-2)35-15-24(32)31-22-9-4-3-8-21(22)28/h3-13H,15H2,1-2H3,(H,30,33)(H,31,32). The van der Waals surface area contributed by atoms with E-state index in [-0.39, 0.29) is 27.8 Å². The lowest BCUT2D eigenvalue weighted by molar-refractivity contribution is -0.118. The Kier molecular flexibility index (Phi) is 8.43. The van der Waals surface area contributed by atoms with Crippen LogP contribution in [0.3, 0.4) is 0 Å². The molecule has 178 valence electrons. The van der Waals surface area contributed by atoms with Crippen molar-refractivity contribution < 1.29 is 23.5 Å². The maximum atomic E-state index is 13.7. The summed E-state index contributed by atoms with van der Waals surface area (Å²) in [6.45, 7) is 1.43. The van der Waals surface area contributed by atoms with Crippen LogP contribution in [0.4, 0.5) is 15.8 Å². The number of aryl methyl sites for hydroxylation is 1. The highest BCUT2D eigenvalue weighted by molar-refractivity contribution is 6.32. The van der Waals surface area contributed by atoms with Crippen LogP contribution in [0.1, 0.15) is 11.1 Å². The van der Waals surface area contributed by atoms with Crippen molar-refractivity contribution in [1.29, 1.82) is 5.26 Å². The van der Waals surface area contributed by atoms with Gasteiger partial charge in [-0.1, -0.05) is 35.9 Å². The van der Waals surface area contributed by atoms with Gasteiger partial charge in [-0.2, -0.15) is 5.26 Å². The van der Waals surface area contributed by atoms with Gasteiger partial charge in [-0.05, 0) is 60.5 Å². The van der Waals surface area contributed by atoms with Crippen LogP contribution in [0.25, 0.3) is 6.08 Å². The van der Waals surface area contributed by atoms with Gasteiger partial charge < -0.3 is 20.1 Å². The first-order chi connectivity index (χ1) is 16.8. The molecule has 2 N–H and O–H groups in total. The molecule has 0 atom stereocenters. The lowest BCUT2D eigenvalue weighted by Crippen LogP contribution is -2.21. The van der Waals surface area contributed by atoms with Gasteiger partial charge in [0.05, 0.1) is 17.8 Å². The van der Waals surface area contributed by atoms with Crippen LogP contribution in [-0.2, 0) is 9.59 Å². The van der Waals surface area contributed by atoms with E-state index in [2.05, 4.69) is 10.6 Å². The molecule has 0 aromatic heterocycles. The van der Waals surface area contributed by atoms with Gasteiger partial charge in [-0.25, -0.2) is 4.39 Å². The zero-order valence-corrected chi connectivity index (χ0v) is 19.7. The molecule has 0 bridgehead atoms. The highest BCUT2D eigenvalue weighted by Gasteiger charge is 2.16. The molecular formula is C26H21ClFN3O4. The highest BCUT2D eigenvalue weighted by atomic mass is 35.5. The minimum Gasteiger partial charge on any atom is -0.493 e. The number of hydrogen-bond acceptors (Lipinski definition) is 5. The van der Waals surface area contributed by atoms with Crippen LogP contribution < -0.4 is 20.1 Å². The van der Waals surface area contributed by atoms with Crippen molar-refractivity contribution >= 4 is 40.9 Å². The quantitative estimate of drug-likeness (QED) is 0.325. The third-order valence-corrected chi connectivity index (χ3v) is 4.98. The van der Waals surface area contributed by atoms with Crippen LogP contribution in [-0.4, -0.2) is 25.5 Å². The number of amides is 2. The van der Waals surface area contributed by atoms with Crippen LogP contribution in [0.5, 0.6) is 11.5 Å². The summed E-state index contributed by atoms with van der Waals surface area (Å²) < 4.78 is 24.5. The molecule has 2 amide bonds. The molecule has 35 heavy (non-hydrogen) atoms. The number of anilines is 2. The number of carbonyl (C=O) groups is 2. The number of nitrogens with zero attached hydrogens (tertiary/aromatic N) is 1. The average molecular weight is 494 g/mol. The number of nitrogens with one attached hydrogen (secondary N) is 2.